The molecule has 5 aromatic rings. The first-order chi connectivity index (χ1) is 19.9. The maximum atomic E-state index is 13.7. The quantitative estimate of drug-likeness (QED) is 0.224. The van der Waals surface area contributed by atoms with Gasteiger partial charge in [-0.05, 0) is 72.3 Å². The molecule has 0 radical (unpaired) electrons. The molecule has 1 amide bonds. The number of fused-ring (bicyclic) bond motifs is 1. The molecule has 0 spiro atoms. The number of anilines is 1. The molecular weight excluding hydrogens is 549 g/mol. The largest absolute Gasteiger partial charge is 0.454 e. The predicted octanol–water partition coefficient (Wildman–Crippen LogP) is 6.91. The highest BCUT2D eigenvalue weighted by molar-refractivity contribution is 6.34. The van der Waals surface area contributed by atoms with Crippen molar-refractivity contribution in [2.75, 3.05) is 12.1 Å². The number of carbonyl (C=O) groups excluding carboxylic acids is 2. The number of nitrogens with zero attached hydrogens (tertiary/aromatic N) is 2. The van der Waals surface area contributed by atoms with E-state index >= 15 is 0 Å². The third-order valence-corrected chi connectivity index (χ3v) is 6.68. The lowest BCUT2D eigenvalue weighted by Gasteiger charge is -2.11. The molecular formula is C31H21ClFN3O5. The fourth-order valence-electron chi connectivity index (χ4n) is 4.46. The van der Waals surface area contributed by atoms with Crippen LogP contribution in [0, 0.1) is 5.82 Å². The van der Waals surface area contributed by atoms with Crippen molar-refractivity contribution in [3.05, 3.63) is 107 Å². The van der Waals surface area contributed by atoms with Gasteiger partial charge in [-0.3, -0.25) is 9.59 Å². The SMILES string of the molecule is CC(=O)Oc1c(-c2ccc(NC(=O)c3ccccc3Cl)cc2)c(-c2ccc3c(c2)OCO3)nn1-c1ccc(F)cc1. The van der Waals surface area contributed by atoms with Gasteiger partial charge in [-0.15, -0.1) is 0 Å². The Morgan fingerprint density at radius 1 is 0.927 bits per heavy atom. The van der Waals surface area contributed by atoms with E-state index in [-0.39, 0.29) is 18.6 Å². The zero-order valence-corrected chi connectivity index (χ0v) is 22.3. The normalized spacial score (nSPS) is 11.8. The Balaban J connectivity index is 1.46. The van der Waals surface area contributed by atoms with Gasteiger partial charge in [0.2, 0.25) is 12.7 Å². The maximum Gasteiger partial charge on any atom is 0.309 e. The van der Waals surface area contributed by atoms with Gasteiger partial charge in [0.1, 0.15) is 11.5 Å². The average molecular weight is 570 g/mol. The van der Waals surface area contributed by atoms with Gasteiger partial charge in [-0.1, -0.05) is 35.9 Å². The van der Waals surface area contributed by atoms with Crippen LogP contribution in [-0.4, -0.2) is 28.4 Å². The molecule has 0 saturated heterocycles. The molecule has 0 unspecified atom stereocenters. The van der Waals surface area contributed by atoms with Crippen LogP contribution in [-0.2, 0) is 4.79 Å². The second-order valence-corrected chi connectivity index (χ2v) is 9.50. The van der Waals surface area contributed by atoms with E-state index in [2.05, 4.69) is 5.32 Å². The number of carbonyl (C=O) groups is 2. The molecule has 6 rings (SSSR count). The summed E-state index contributed by atoms with van der Waals surface area (Å²) in [5.74, 6) is -0.0294. The van der Waals surface area contributed by atoms with Crippen LogP contribution in [0.25, 0.3) is 28.1 Å². The molecule has 1 aliphatic heterocycles. The minimum Gasteiger partial charge on any atom is -0.454 e. The lowest BCUT2D eigenvalue weighted by Crippen LogP contribution is -2.12. The van der Waals surface area contributed by atoms with Crippen molar-refractivity contribution in [1.29, 1.82) is 0 Å². The summed E-state index contributed by atoms with van der Waals surface area (Å²) in [5.41, 5.74) is 3.68. The summed E-state index contributed by atoms with van der Waals surface area (Å²) >= 11 is 6.17. The number of nitrogens with one attached hydrogen (secondary N) is 1. The summed E-state index contributed by atoms with van der Waals surface area (Å²) in [4.78, 5) is 25.0. The second kappa shape index (κ2) is 10.8. The second-order valence-electron chi connectivity index (χ2n) is 9.09. The number of aromatic nitrogens is 2. The molecule has 4 aromatic carbocycles. The summed E-state index contributed by atoms with van der Waals surface area (Å²) in [6.45, 7) is 1.40. The number of amides is 1. The average Bonchev–Trinajstić information content (AvgIpc) is 3.58. The molecule has 1 aromatic heterocycles. The van der Waals surface area contributed by atoms with Crippen LogP contribution in [0.1, 0.15) is 17.3 Å². The highest BCUT2D eigenvalue weighted by atomic mass is 35.5. The molecule has 0 atom stereocenters. The van der Waals surface area contributed by atoms with Crippen molar-refractivity contribution < 1.29 is 28.2 Å². The lowest BCUT2D eigenvalue weighted by atomic mass is 10.0. The number of esters is 1. The summed E-state index contributed by atoms with van der Waals surface area (Å²) in [5, 5.41) is 7.97. The minimum atomic E-state index is -0.560. The zero-order valence-electron chi connectivity index (χ0n) is 21.6. The summed E-state index contributed by atoms with van der Waals surface area (Å²) < 4.78 is 31.9. The summed E-state index contributed by atoms with van der Waals surface area (Å²) in [6.07, 6.45) is 0. The van der Waals surface area contributed by atoms with E-state index in [4.69, 9.17) is 30.9 Å². The van der Waals surface area contributed by atoms with E-state index in [1.807, 2.05) is 6.07 Å². The van der Waals surface area contributed by atoms with Crippen LogP contribution < -0.4 is 19.5 Å². The van der Waals surface area contributed by atoms with Crippen LogP contribution in [0.5, 0.6) is 17.4 Å². The molecule has 0 saturated carbocycles. The molecule has 0 fully saturated rings. The highest BCUT2D eigenvalue weighted by Crippen LogP contribution is 2.44. The lowest BCUT2D eigenvalue weighted by molar-refractivity contribution is -0.132. The van der Waals surface area contributed by atoms with Crippen molar-refractivity contribution >= 4 is 29.2 Å². The number of rotatable bonds is 6. The molecule has 204 valence electrons. The highest BCUT2D eigenvalue weighted by Gasteiger charge is 2.26. The third kappa shape index (κ3) is 5.22. The van der Waals surface area contributed by atoms with Gasteiger partial charge in [0.25, 0.3) is 5.91 Å². The predicted molar refractivity (Wildman–Crippen MR) is 151 cm³/mol. The Morgan fingerprint density at radius 3 is 2.37 bits per heavy atom. The molecule has 41 heavy (non-hydrogen) atoms. The van der Waals surface area contributed by atoms with Crippen LogP contribution in [0.15, 0.2) is 91.0 Å². The van der Waals surface area contributed by atoms with Gasteiger partial charge in [0.15, 0.2) is 11.5 Å². The third-order valence-electron chi connectivity index (χ3n) is 6.35. The molecule has 8 nitrogen and oxygen atoms in total. The van der Waals surface area contributed by atoms with Gasteiger partial charge >= 0.3 is 5.97 Å². The summed E-state index contributed by atoms with van der Waals surface area (Å²) in [6, 6.07) is 24.8. The van der Waals surface area contributed by atoms with Crippen LogP contribution >= 0.6 is 11.6 Å². The Labute approximate surface area is 238 Å². The van der Waals surface area contributed by atoms with E-state index in [1.165, 1.54) is 35.9 Å². The molecule has 1 aliphatic rings. The van der Waals surface area contributed by atoms with Gasteiger partial charge in [-0.25, -0.2) is 4.39 Å². The van der Waals surface area contributed by atoms with Crippen LogP contribution in [0.4, 0.5) is 10.1 Å². The van der Waals surface area contributed by atoms with Crippen molar-refractivity contribution in [2.45, 2.75) is 6.92 Å². The number of benzene rings is 4. The van der Waals surface area contributed by atoms with E-state index < -0.39 is 11.8 Å². The molecule has 10 heteroatoms. The topological polar surface area (TPSA) is 91.7 Å². The van der Waals surface area contributed by atoms with Crippen LogP contribution in [0.3, 0.4) is 0 Å². The number of ether oxygens (including phenoxy) is 3. The van der Waals surface area contributed by atoms with E-state index in [9.17, 15) is 14.0 Å². The zero-order chi connectivity index (χ0) is 28.5. The van der Waals surface area contributed by atoms with Crippen LogP contribution in [0.2, 0.25) is 5.02 Å². The molecule has 2 heterocycles. The standard InChI is InChI=1S/C31H21ClFN3O5/c1-18(37)41-31-28(19-6-11-22(12-7-19)34-30(38)24-4-2-3-5-25(24)32)29(20-8-15-26-27(16-20)40-17-39-26)35-36(31)23-13-9-21(33)10-14-23/h2-16H,17H2,1H3,(H,34,38). The maximum absolute atomic E-state index is 13.7. The van der Waals surface area contributed by atoms with E-state index in [0.717, 1.165) is 0 Å². The fourth-order valence-corrected chi connectivity index (χ4v) is 4.68. The van der Waals surface area contributed by atoms with E-state index in [1.54, 1.807) is 60.7 Å². The van der Waals surface area contributed by atoms with Crippen molar-refractivity contribution in [1.82, 2.24) is 9.78 Å². The fraction of sp³-hybridized carbons (Fsp3) is 0.0645. The van der Waals surface area contributed by atoms with Crippen molar-refractivity contribution in [3.63, 3.8) is 0 Å². The summed E-state index contributed by atoms with van der Waals surface area (Å²) in [7, 11) is 0. The van der Waals surface area contributed by atoms with Gasteiger partial charge < -0.3 is 19.5 Å². The Kier molecular flexibility index (Phi) is 6.86. The number of halogens is 2. The van der Waals surface area contributed by atoms with Crippen molar-refractivity contribution in [2.24, 2.45) is 0 Å². The molecule has 0 aliphatic carbocycles. The first kappa shape index (κ1) is 26.1. The van der Waals surface area contributed by atoms with Gasteiger partial charge in [0, 0.05) is 18.2 Å². The number of hydrogen-bond donors (Lipinski definition) is 1. The molecule has 0 bridgehead atoms. The van der Waals surface area contributed by atoms with E-state index in [0.29, 0.717) is 55.8 Å². The Hall–Kier alpha value is -5.15. The smallest absolute Gasteiger partial charge is 0.309 e. The van der Waals surface area contributed by atoms with Gasteiger partial charge in [0.05, 0.1) is 21.8 Å². The first-order valence-corrected chi connectivity index (χ1v) is 12.9. The Bertz CT molecular complexity index is 1790. The van der Waals surface area contributed by atoms with Gasteiger partial charge in [-0.2, -0.15) is 9.78 Å². The monoisotopic (exact) mass is 569 g/mol. The molecule has 1 N–H and O–H groups in total. The Morgan fingerprint density at radius 2 is 1.63 bits per heavy atom. The number of hydrogen-bond acceptors (Lipinski definition) is 6. The first-order valence-electron chi connectivity index (χ1n) is 12.5. The van der Waals surface area contributed by atoms with Crippen molar-refractivity contribution in [3.8, 4) is 45.5 Å². The minimum absolute atomic E-state index is 0.107.